The Morgan fingerprint density at radius 1 is 1.11 bits per heavy atom. The number of ether oxygens (including phenoxy) is 4. The first-order chi connectivity index (χ1) is 13.5. The van der Waals surface area contributed by atoms with Crippen molar-refractivity contribution in [3.63, 3.8) is 0 Å². The lowest BCUT2D eigenvalue weighted by atomic mass is 10.1. The summed E-state index contributed by atoms with van der Waals surface area (Å²) in [6.07, 6.45) is 1.35. The van der Waals surface area contributed by atoms with Gasteiger partial charge in [-0.05, 0) is 13.8 Å². The number of rotatable bonds is 7. The third-order valence-corrected chi connectivity index (χ3v) is 4.07. The molecular formula is C19H21N3O6. The number of hydrogen-bond acceptors (Lipinski definition) is 9. The maximum atomic E-state index is 12.4. The summed E-state index contributed by atoms with van der Waals surface area (Å²) in [6.45, 7) is 3.66. The van der Waals surface area contributed by atoms with Crippen LogP contribution in [-0.4, -0.2) is 43.9 Å². The van der Waals surface area contributed by atoms with Crippen LogP contribution in [0.3, 0.4) is 0 Å². The van der Waals surface area contributed by atoms with Crippen LogP contribution < -0.4 is 19.5 Å². The van der Waals surface area contributed by atoms with Gasteiger partial charge >= 0.3 is 5.97 Å². The lowest BCUT2D eigenvalue weighted by molar-refractivity contribution is 0.0526. The minimum absolute atomic E-state index is 0.244. The second kappa shape index (κ2) is 8.03. The first-order valence-electron chi connectivity index (χ1n) is 8.52. The second-order valence-corrected chi connectivity index (χ2v) is 5.70. The molecule has 0 aliphatic heterocycles. The maximum absolute atomic E-state index is 12.4. The zero-order chi connectivity index (χ0) is 20.3. The highest BCUT2D eigenvalue weighted by molar-refractivity contribution is 6.08. The number of benzene rings is 1. The van der Waals surface area contributed by atoms with Crippen LogP contribution in [0.1, 0.15) is 23.0 Å². The largest absolute Gasteiger partial charge is 0.493 e. The van der Waals surface area contributed by atoms with E-state index < -0.39 is 5.97 Å². The van der Waals surface area contributed by atoms with Gasteiger partial charge in [-0.25, -0.2) is 14.8 Å². The zero-order valence-corrected chi connectivity index (χ0v) is 16.3. The lowest BCUT2D eigenvalue weighted by Crippen LogP contribution is -2.07. The Bertz CT molecular complexity index is 989. The minimum atomic E-state index is -0.499. The molecule has 3 aromatic rings. The van der Waals surface area contributed by atoms with E-state index in [1.165, 1.54) is 27.7 Å². The fourth-order valence-electron chi connectivity index (χ4n) is 2.88. The Morgan fingerprint density at radius 2 is 1.79 bits per heavy atom. The van der Waals surface area contributed by atoms with Crippen LogP contribution in [0.15, 0.2) is 22.9 Å². The van der Waals surface area contributed by atoms with E-state index in [1.54, 1.807) is 26.0 Å². The molecule has 28 heavy (non-hydrogen) atoms. The van der Waals surface area contributed by atoms with Crippen LogP contribution in [-0.2, 0) is 4.74 Å². The molecule has 1 N–H and O–H groups in total. The van der Waals surface area contributed by atoms with Gasteiger partial charge in [-0.15, -0.1) is 0 Å². The van der Waals surface area contributed by atoms with Crippen molar-refractivity contribution in [1.29, 1.82) is 0 Å². The van der Waals surface area contributed by atoms with E-state index in [1.807, 2.05) is 0 Å². The van der Waals surface area contributed by atoms with E-state index in [-0.39, 0.29) is 17.9 Å². The van der Waals surface area contributed by atoms with Crippen molar-refractivity contribution in [3.8, 4) is 17.2 Å². The highest BCUT2D eigenvalue weighted by Gasteiger charge is 2.24. The quantitative estimate of drug-likeness (QED) is 0.610. The van der Waals surface area contributed by atoms with Crippen molar-refractivity contribution < 1.29 is 28.2 Å². The van der Waals surface area contributed by atoms with E-state index in [9.17, 15) is 4.79 Å². The summed E-state index contributed by atoms with van der Waals surface area (Å²) in [5.74, 6) is 1.71. The van der Waals surface area contributed by atoms with Gasteiger partial charge in [0.15, 0.2) is 11.5 Å². The van der Waals surface area contributed by atoms with Gasteiger partial charge in [-0.3, -0.25) is 0 Å². The molecule has 0 amide bonds. The standard InChI is InChI=1S/C19H21N3O6/c1-6-27-19(23)14-10(2)28-18-15(14)17(20-9-21-18)22-11-7-12(24-3)16(26-5)13(8-11)25-4/h7-9H,6H2,1-5H3,(H,20,21,22). The first kappa shape index (κ1) is 19.3. The van der Waals surface area contributed by atoms with Crippen molar-refractivity contribution in [1.82, 2.24) is 9.97 Å². The molecule has 0 spiro atoms. The SMILES string of the molecule is CCOC(=O)c1c(C)oc2ncnc(Nc3cc(OC)c(OC)c(OC)c3)c12. The van der Waals surface area contributed by atoms with Crippen molar-refractivity contribution in [3.05, 3.63) is 29.8 Å². The molecule has 0 aliphatic rings. The number of esters is 1. The van der Waals surface area contributed by atoms with Gasteiger partial charge < -0.3 is 28.7 Å². The molecule has 0 unspecified atom stereocenters. The van der Waals surface area contributed by atoms with Crippen LogP contribution in [0.25, 0.3) is 11.1 Å². The number of nitrogens with one attached hydrogen (secondary N) is 1. The van der Waals surface area contributed by atoms with Crippen molar-refractivity contribution in [2.45, 2.75) is 13.8 Å². The number of hydrogen-bond donors (Lipinski definition) is 1. The monoisotopic (exact) mass is 387 g/mol. The summed E-state index contributed by atoms with van der Waals surface area (Å²) in [4.78, 5) is 20.8. The Morgan fingerprint density at radius 3 is 2.36 bits per heavy atom. The Kier molecular flexibility index (Phi) is 5.53. The van der Waals surface area contributed by atoms with Gasteiger partial charge in [0.2, 0.25) is 11.5 Å². The van der Waals surface area contributed by atoms with Gasteiger partial charge in [-0.2, -0.15) is 0 Å². The van der Waals surface area contributed by atoms with E-state index in [2.05, 4.69) is 15.3 Å². The average molecular weight is 387 g/mol. The number of carbonyl (C=O) groups is 1. The molecule has 0 saturated heterocycles. The van der Waals surface area contributed by atoms with Crippen LogP contribution in [0.2, 0.25) is 0 Å². The molecule has 0 aliphatic carbocycles. The normalized spacial score (nSPS) is 10.6. The minimum Gasteiger partial charge on any atom is -0.493 e. The number of fused-ring (bicyclic) bond motifs is 1. The van der Waals surface area contributed by atoms with Crippen LogP contribution in [0, 0.1) is 6.92 Å². The fraction of sp³-hybridized carbons (Fsp3) is 0.316. The summed E-state index contributed by atoms with van der Waals surface area (Å²) in [5, 5.41) is 3.60. The predicted octanol–water partition coefficient (Wildman–Crippen LogP) is 3.48. The molecule has 9 nitrogen and oxygen atoms in total. The topological polar surface area (TPSA) is 105 Å². The molecule has 0 atom stereocenters. The molecule has 9 heteroatoms. The van der Waals surface area contributed by atoms with Gasteiger partial charge in [0.1, 0.15) is 23.5 Å². The maximum Gasteiger partial charge on any atom is 0.342 e. The van der Waals surface area contributed by atoms with Crippen molar-refractivity contribution >= 4 is 28.6 Å². The van der Waals surface area contributed by atoms with E-state index >= 15 is 0 Å². The van der Waals surface area contributed by atoms with Crippen LogP contribution in [0.5, 0.6) is 17.2 Å². The number of furan rings is 1. The van der Waals surface area contributed by atoms with Crippen molar-refractivity contribution in [2.75, 3.05) is 33.3 Å². The first-order valence-corrected chi connectivity index (χ1v) is 8.52. The number of methoxy groups -OCH3 is 3. The predicted molar refractivity (Wildman–Crippen MR) is 102 cm³/mol. The number of nitrogens with zero attached hydrogens (tertiary/aromatic N) is 2. The molecule has 3 rings (SSSR count). The van der Waals surface area contributed by atoms with Gasteiger partial charge in [0.25, 0.3) is 0 Å². The van der Waals surface area contributed by atoms with E-state index in [0.29, 0.717) is 39.9 Å². The summed E-state index contributed by atoms with van der Waals surface area (Å²) < 4.78 is 26.8. The molecule has 0 bridgehead atoms. The second-order valence-electron chi connectivity index (χ2n) is 5.70. The number of anilines is 2. The Balaban J connectivity index is 2.12. The molecule has 0 radical (unpaired) electrons. The average Bonchev–Trinajstić information content (AvgIpc) is 3.04. The molecular weight excluding hydrogens is 366 g/mol. The molecule has 2 aromatic heterocycles. The highest BCUT2D eigenvalue weighted by atomic mass is 16.5. The van der Waals surface area contributed by atoms with Crippen LogP contribution in [0.4, 0.5) is 11.5 Å². The molecule has 2 heterocycles. The third-order valence-electron chi connectivity index (χ3n) is 4.07. The van der Waals surface area contributed by atoms with Crippen molar-refractivity contribution in [2.24, 2.45) is 0 Å². The Hall–Kier alpha value is -3.49. The molecule has 148 valence electrons. The van der Waals surface area contributed by atoms with Crippen LogP contribution >= 0.6 is 0 Å². The van der Waals surface area contributed by atoms with Gasteiger partial charge in [-0.1, -0.05) is 0 Å². The lowest BCUT2D eigenvalue weighted by Gasteiger charge is -2.15. The van der Waals surface area contributed by atoms with E-state index in [0.717, 1.165) is 0 Å². The summed E-state index contributed by atoms with van der Waals surface area (Å²) in [5.41, 5.74) is 1.18. The number of aryl methyl sites for hydroxylation is 1. The molecule has 0 saturated carbocycles. The fourth-order valence-corrected chi connectivity index (χ4v) is 2.88. The number of carbonyl (C=O) groups excluding carboxylic acids is 1. The summed E-state index contributed by atoms with van der Waals surface area (Å²) in [6, 6.07) is 3.46. The smallest absolute Gasteiger partial charge is 0.342 e. The van der Waals surface area contributed by atoms with E-state index in [4.69, 9.17) is 23.4 Å². The summed E-state index contributed by atoms with van der Waals surface area (Å²) >= 11 is 0. The Labute approximate surface area is 161 Å². The van der Waals surface area contributed by atoms with Gasteiger partial charge in [0, 0.05) is 17.8 Å². The molecule has 0 fully saturated rings. The molecule has 1 aromatic carbocycles. The highest BCUT2D eigenvalue weighted by Crippen LogP contribution is 2.41. The zero-order valence-electron chi connectivity index (χ0n) is 16.3. The summed E-state index contributed by atoms with van der Waals surface area (Å²) in [7, 11) is 4.59. The third kappa shape index (κ3) is 3.38. The van der Waals surface area contributed by atoms with Gasteiger partial charge in [0.05, 0.1) is 33.3 Å². The number of aromatic nitrogens is 2.